The van der Waals surface area contributed by atoms with Crippen molar-refractivity contribution in [2.24, 2.45) is 11.8 Å². The molecule has 1 heterocycles. The van der Waals surface area contributed by atoms with Crippen molar-refractivity contribution in [1.82, 2.24) is 4.90 Å². The Hall–Kier alpha value is -0.370. The smallest absolute Gasteiger partial charge is 0.149 e. The molecule has 0 aromatic heterocycles. The van der Waals surface area contributed by atoms with Crippen molar-refractivity contribution in [2.45, 2.75) is 52.0 Å². The van der Waals surface area contributed by atoms with Gasteiger partial charge in [0.2, 0.25) is 0 Å². The average molecular weight is 209 g/mol. The van der Waals surface area contributed by atoms with E-state index in [2.05, 4.69) is 11.8 Å². The van der Waals surface area contributed by atoms with Gasteiger partial charge in [-0.25, -0.2) is 0 Å². The quantitative estimate of drug-likeness (QED) is 0.711. The number of carbonyl (C=O) groups excluding carboxylic acids is 1. The van der Waals surface area contributed by atoms with E-state index in [9.17, 15) is 4.79 Å². The Morgan fingerprint density at radius 1 is 1.27 bits per heavy atom. The fraction of sp³-hybridized carbons (Fsp3) is 0.923. The second-order valence-corrected chi connectivity index (χ2v) is 5.06. The van der Waals surface area contributed by atoms with E-state index in [0.29, 0.717) is 18.1 Å². The molecule has 2 rings (SSSR count). The maximum atomic E-state index is 12.0. The first kappa shape index (κ1) is 11.1. The summed E-state index contributed by atoms with van der Waals surface area (Å²) < 4.78 is 0. The molecule has 0 aromatic rings. The fourth-order valence-electron chi connectivity index (χ4n) is 3.54. The highest BCUT2D eigenvalue weighted by atomic mass is 16.1. The van der Waals surface area contributed by atoms with Crippen LogP contribution in [-0.4, -0.2) is 29.8 Å². The molecule has 0 spiro atoms. The molecule has 3 atom stereocenters. The summed E-state index contributed by atoms with van der Waals surface area (Å²) >= 11 is 0. The molecule has 0 aromatic carbocycles. The van der Waals surface area contributed by atoms with Crippen LogP contribution in [-0.2, 0) is 4.79 Å². The standard InChI is InChI=1S/C13H23NO/c1-3-12(15)13-11-8-6-5-7-10(11)9-14(13)4-2/h10-11,13H,3-9H2,1-2H3. The van der Waals surface area contributed by atoms with Gasteiger partial charge in [-0.15, -0.1) is 0 Å². The second kappa shape index (κ2) is 4.65. The van der Waals surface area contributed by atoms with Crippen LogP contribution in [0.1, 0.15) is 46.0 Å². The molecule has 1 aliphatic heterocycles. The van der Waals surface area contributed by atoms with Crippen LogP contribution in [0.25, 0.3) is 0 Å². The van der Waals surface area contributed by atoms with Crippen molar-refractivity contribution < 1.29 is 4.79 Å². The van der Waals surface area contributed by atoms with Crippen LogP contribution in [0.5, 0.6) is 0 Å². The van der Waals surface area contributed by atoms with E-state index in [1.54, 1.807) is 0 Å². The van der Waals surface area contributed by atoms with Crippen molar-refractivity contribution in [3.8, 4) is 0 Å². The first-order valence-electron chi connectivity index (χ1n) is 6.54. The average Bonchev–Trinajstić information content (AvgIpc) is 2.66. The molecule has 0 bridgehead atoms. The zero-order chi connectivity index (χ0) is 10.8. The minimum atomic E-state index is 0.269. The van der Waals surface area contributed by atoms with Crippen molar-refractivity contribution in [3.63, 3.8) is 0 Å². The molecule has 2 aliphatic rings. The van der Waals surface area contributed by atoms with Gasteiger partial charge < -0.3 is 0 Å². The number of ketones is 1. The van der Waals surface area contributed by atoms with Crippen molar-refractivity contribution in [3.05, 3.63) is 0 Å². The van der Waals surface area contributed by atoms with Gasteiger partial charge in [-0.05, 0) is 31.2 Å². The predicted molar refractivity (Wildman–Crippen MR) is 61.8 cm³/mol. The van der Waals surface area contributed by atoms with Gasteiger partial charge in [0.15, 0.2) is 0 Å². The van der Waals surface area contributed by atoms with E-state index in [4.69, 9.17) is 0 Å². The Balaban J connectivity index is 2.13. The lowest BCUT2D eigenvalue weighted by Crippen LogP contribution is -2.39. The zero-order valence-corrected chi connectivity index (χ0v) is 10.0. The Labute approximate surface area is 93.0 Å². The molecular weight excluding hydrogens is 186 g/mol. The van der Waals surface area contributed by atoms with Gasteiger partial charge in [-0.1, -0.05) is 26.7 Å². The van der Waals surface area contributed by atoms with E-state index >= 15 is 0 Å². The van der Waals surface area contributed by atoms with E-state index in [-0.39, 0.29) is 6.04 Å². The van der Waals surface area contributed by atoms with Crippen molar-refractivity contribution >= 4 is 5.78 Å². The summed E-state index contributed by atoms with van der Waals surface area (Å²) in [5, 5.41) is 0. The van der Waals surface area contributed by atoms with Crippen LogP contribution in [0, 0.1) is 11.8 Å². The minimum Gasteiger partial charge on any atom is -0.298 e. The Kier molecular flexibility index (Phi) is 3.45. The fourth-order valence-corrected chi connectivity index (χ4v) is 3.54. The summed E-state index contributed by atoms with van der Waals surface area (Å²) in [6, 6.07) is 0.269. The van der Waals surface area contributed by atoms with E-state index in [1.807, 2.05) is 6.92 Å². The van der Waals surface area contributed by atoms with Gasteiger partial charge in [-0.2, -0.15) is 0 Å². The van der Waals surface area contributed by atoms with Crippen molar-refractivity contribution in [1.29, 1.82) is 0 Å². The largest absolute Gasteiger partial charge is 0.298 e. The SMILES string of the molecule is CCC(=O)C1C2CCCCC2CN1CC. The molecule has 86 valence electrons. The highest BCUT2D eigenvalue weighted by molar-refractivity contribution is 5.84. The predicted octanol–water partition coefficient (Wildman–Crippen LogP) is 2.48. The molecule has 0 radical (unpaired) electrons. The monoisotopic (exact) mass is 209 g/mol. The topological polar surface area (TPSA) is 20.3 Å². The lowest BCUT2D eigenvalue weighted by Gasteiger charge is -2.29. The number of carbonyl (C=O) groups is 1. The normalized spacial score (nSPS) is 36.5. The van der Waals surface area contributed by atoms with Gasteiger partial charge >= 0.3 is 0 Å². The van der Waals surface area contributed by atoms with Crippen molar-refractivity contribution in [2.75, 3.05) is 13.1 Å². The number of likely N-dealkylation sites (N-methyl/N-ethyl adjacent to an activating group) is 1. The molecule has 1 saturated heterocycles. The molecular formula is C13H23NO. The summed E-state index contributed by atoms with van der Waals surface area (Å²) in [4.78, 5) is 14.4. The lowest BCUT2D eigenvalue weighted by atomic mass is 9.77. The first-order valence-corrected chi connectivity index (χ1v) is 6.54. The molecule has 2 heteroatoms. The van der Waals surface area contributed by atoms with Crippen LogP contribution in [0.15, 0.2) is 0 Å². The molecule has 3 unspecified atom stereocenters. The highest BCUT2D eigenvalue weighted by Gasteiger charge is 2.44. The van der Waals surface area contributed by atoms with Gasteiger partial charge in [-0.3, -0.25) is 9.69 Å². The maximum absolute atomic E-state index is 12.0. The third-order valence-electron chi connectivity index (χ3n) is 4.32. The molecule has 0 N–H and O–H groups in total. The number of nitrogens with zero attached hydrogens (tertiary/aromatic N) is 1. The molecule has 1 saturated carbocycles. The molecule has 1 aliphatic carbocycles. The van der Waals surface area contributed by atoms with Gasteiger partial charge in [0, 0.05) is 13.0 Å². The first-order chi connectivity index (χ1) is 7.27. The number of Topliss-reactive ketones (excluding diaryl/α,β-unsaturated/α-hetero) is 1. The van der Waals surface area contributed by atoms with Gasteiger partial charge in [0.1, 0.15) is 5.78 Å². The van der Waals surface area contributed by atoms with E-state index < -0.39 is 0 Å². The van der Waals surface area contributed by atoms with Crippen LogP contribution in [0.4, 0.5) is 0 Å². The summed E-state index contributed by atoms with van der Waals surface area (Å²) in [5.74, 6) is 1.98. The highest BCUT2D eigenvalue weighted by Crippen LogP contribution is 2.40. The molecule has 15 heavy (non-hydrogen) atoms. The number of rotatable bonds is 3. The Morgan fingerprint density at radius 3 is 2.67 bits per heavy atom. The van der Waals surface area contributed by atoms with E-state index in [0.717, 1.165) is 12.5 Å². The zero-order valence-electron chi connectivity index (χ0n) is 10.0. The number of likely N-dealkylation sites (tertiary alicyclic amines) is 1. The van der Waals surface area contributed by atoms with Gasteiger partial charge in [0.25, 0.3) is 0 Å². The second-order valence-electron chi connectivity index (χ2n) is 5.06. The lowest BCUT2D eigenvalue weighted by molar-refractivity contribution is -0.124. The summed E-state index contributed by atoms with van der Waals surface area (Å²) in [7, 11) is 0. The van der Waals surface area contributed by atoms with Crippen LogP contribution in [0.3, 0.4) is 0 Å². The molecule has 2 fully saturated rings. The van der Waals surface area contributed by atoms with Gasteiger partial charge in [0.05, 0.1) is 6.04 Å². The van der Waals surface area contributed by atoms with Crippen LogP contribution in [0.2, 0.25) is 0 Å². The summed E-state index contributed by atoms with van der Waals surface area (Å²) in [6.07, 6.45) is 6.08. The summed E-state index contributed by atoms with van der Waals surface area (Å²) in [6.45, 7) is 6.42. The Bertz CT molecular complexity index is 239. The minimum absolute atomic E-state index is 0.269. The summed E-state index contributed by atoms with van der Waals surface area (Å²) in [5.41, 5.74) is 0. The molecule has 2 nitrogen and oxygen atoms in total. The number of hydrogen-bond donors (Lipinski definition) is 0. The maximum Gasteiger partial charge on any atom is 0.149 e. The third-order valence-corrected chi connectivity index (χ3v) is 4.32. The number of fused-ring (bicyclic) bond motifs is 1. The van der Waals surface area contributed by atoms with Crippen LogP contribution < -0.4 is 0 Å². The molecule has 0 amide bonds. The third kappa shape index (κ3) is 1.96. The Morgan fingerprint density at radius 2 is 2.00 bits per heavy atom. The number of hydrogen-bond acceptors (Lipinski definition) is 2. The van der Waals surface area contributed by atoms with E-state index in [1.165, 1.54) is 32.2 Å². The van der Waals surface area contributed by atoms with Crippen LogP contribution >= 0.6 is 0 Å².